The predicted molar refractivity (Wildman–Crippen MR) is 96.7 cm³/mol. The third kappa shape index (κ3) is 2.47. The van der Waals surface area contributed by atoms with Crippen molar-refractivity contribution in [3.63, 3.8) is 0 Å². The average Bonchev–Trinajstić information content (AvgIpc) is 2.94. The molecule has 0 spiro atoms. The Labute approximate surface area is 145 Å². The molecule has 1 aromatic carbocycles. The van der Waals surface area contributed by atoms with Gasteiger partial charge in [-0.3, -0.25) is 4.79 Å². The Morgan fingerprint density at radius 1 is 1.28 bits per heavy atom. The van der Waals surface area contributed by atoms with Gasteiger partial charge >= 0.3 is 0 Å². The van der Waals surface area contributed by atoms with Gasteiger partial charge in [0.2, 0.25) is 5.91 Å². The lowest BCUT2D eigenvalue weighted by Crippen LogP contribution is -2.39. The van der Waals surface area contributed by atoms with E-state index in [1.165, 1.54) is 0 Å². The summed E-state index contributed by atoms with van der Waals surface area (Å²) in [4.78, 5) is 22.7. The fourth-order valence-electron chi connectivity index (χ4n) is 3.73. The molecule has 7 nitrogen and oxygen atoms in total. The molecular weight excluding hydrogens is 318 g/mol. The third-order valence-electron chi connectivity index (χ3n) is 5.16. The molecule has 0 bridgehead atoms. The van der Waals surface area contributed by atoms with E-state index >= 15 is 0 Å². The van der Waals surface area contributed by atoms with E-state index < -0.39 is 0 Å². The first kappa shape index (κ1) is 15.7. The summed E-state index contributed by atoms with van der Waals surface area (Å²) in [6.07, 6.45) is 3.13. The Bertz CT molecular complexity index is 957. The Hall–Kier alpha value is -2.83. The molecule has 1 aliphatic heterocycles. The van der Waals surface area contributed by atoms with Crippen molar-refractivity contribution >= 4 is 33.7 Å². The van der Waals surface area contributed by atoms with E-state index in [4.69, 9.17) is 10.5 Å². The van der Waals surface area contributed by atoms with Crippen molar-refractivity contribution in [2.24, 2.45) is 18.7 Å². The van der Waals surface area contributed by atoms with Crippen LogP contribution < -0.4 is 15.4 Å². The highest BCUT2D eigenvalue weighted by molar-refractivity contribution is 6.09. The number of aromatic nitrogens is 3. The quantitative estimate of drug-likeness (QED) is 0.787. The zero-order chi connectivity index (χ0) is 17.6. The Morgan fingerprint density at radius 3 is 2.72 bits per heavy atom. The molecule has 3 aromatic rings. The second-order valence-electron chi connectivity index (χ2n) is 6.50. The van der Waals surface area contributed by atoms with Crippen LogP contribution in [-0.4, -0.2) is 40.6 Å². The van der Waals surface area contributed by atoms with Crippen LogP contribution in [0.15, 0.2) is 24.5 Å². The summed E-state index contributed by atoms with van der Waals surface area (Å²) < 4.78 is 7.48. The molecule has 1 saturated heterocycles. The predicted octanol–water partition coefficient (Wildman–Crippen LogP) is 1.83. The van der Waals surface area contributed by atoms with Gasteiger partial charge in [0.1, 0.15) is 23.1 Å². The molecule has 0 saturated carbocycles. The number of carbonyl (C=O) groups excluding carboxylic acids is 1. The van der Waals surface area contributed by atoms with E-state index in [-0.39, 0.29) is 11.8 Å². The fraction of sp³-hybridized carbons (Fsp3) is 0.389. The molecule has 25 heavy (non-hydrogen) atoms. The minimum atomic E-state index is -0.204. The average molecular weight is 339 g/mol. The summed E-state index contributed by atoms with van der Waals surface area (Å²) in [6.45, 7) is 1.54. The maximum atomic E-state index is 11.4. The molecule has 1 amide bonds. The topological polar surface area (TPSA) is 86.3 Å². The van der Waals surface area contributed by atoms with Gasteiger partial charge in [0.25, 0.3) is 0 Å². The largest absolute Gasteiger partial charge is 0.497 e. The smallest absolute Gasteiger partial charge is 0.220 e. The maximum Gasteiger partial charge on any atom is 0.220 e. The lowest BCUT2D eigenvalue weighted by Gasteiger charge is -2.31. The van der Waals surface area contributed by atoms with Crippen molar-refractivity contribution in [2.45, 2.75) is 12.8 Å². The molecule has 0 radical (unpaired) electrons. The number of nitrogens with two attached hydrogens (primary N) is 1. The molecule has 1 fully saturated rings. The van der Waals surface area contributed by atoms with Crippen LogP contribution in [0.5, 0.6) is 5.75 Å². The molecule has 0 atom stereocenters. The summed E-state index contributed by atoms with van der Waals surface area (Å²) in [5.41, 5.74) is 8.45. The van der Waals surface area contributed by atoms with E-state index in [0.29, 0.717) is 0 Å². The van der Waals surface area contributed by atoms with Gasteiger partial charge < -0.3 is 19.9 Å². The van der Waals surface area contributed by atoms with Crippen LogP contribution in [0.4, 0.5) is 5.82 Å². The third-order valence-corrected chi connectivity index (χ3v) is 5.16. The lowest BCUT2D eigenvalue weighted by atomic mass is 9.96. The Kier molecular flexibility index (Phi) is 3.71. The van der Waals surface area contributed by atoms with Crippen molar-refractivity contribution in [2.75, 3.05) is 25.1 Å². The number of ether oxygens (including phenoxy) is 1. The monoisotopic (exact) mass is 339 g/mol. The van der Waals surface area contributed by atoms with E-state index in [0.717, 1.165) is 59.4 Å². The zero-order valence-electron chi connectivity index (χ0n) is 14.4. The van der Waals surface area contributed by atoms with Crippen molar-refractivity contribution in [3.05, 3.63) is 24.5 Å². The molecule has 0 aliphatic carbocycles. The number of hydrogen-bond acceptors (Lipinski definition) is 5. The lowest BCUT2D eigenvalue weighted by molar-refractivity contribution is -0.122. The number of rotatable bonds is 3. The number of amides is 1. The van der Waals surface area contributed by atoms with Crippen LogP contribution >= 0.6 is 0 Å². The van der Waals surface area contributed by atoms with E-state index in [9.17, 15) is 4.79 Å². The van der Waals surface area contributed by atoms with Crippen molar-refractivity contribution in [3.8, 4) is 5.75 Å². The number of benzene rings is 1. The van der Waals surface area contributed by atoms with Gasteiger partial charge in [-0.15, -0.1) is 0 Å². The van der Waals surface area contributed by atoms with Gasteiger partial charge in [-0.05, 0) is 31.0 Å². The van der Waals surface area contributed by atoms with Gasteiger partial charge in [0.15, 0.2) is 5.82 Å². The zero-order valence-corrected chi connectivity index (χ0v) is 14.4. The van der Waals surface area contributed by atoms with Crippen LogP contribution in [0.2, 0.25) is 0 Å². The number of methoxy groups -OCH3 is 1. The van der Waals surface area contributed by atoms with Gasteiger partial charge in [0, 0.05) is 31.4 Å². The van der Waals surface area contributed by atoms with Crippen molar-refractivity contribution in [1.82, 2.24) is 14.5 Å². The summed E-state index contributed by atoms with van der Waals surface area (Å²) in [5, 5.41) is 1.05. The number of aryl methyl sites for hydroxylation is 1. The summed E-state index contributed by atoms with van der Waals surface area (Å²) in [7, 11) is 3.69. The standard InChI is InChI=1S/C18H21N5O2/c1-22-14-4-3-12(25-2)9-13(14)15-16(22)18(21-10-20-15)23-7-5-11(6-8-23)17(19)24/h3-4,9-11H,5-8H2,1-2H3,(H2,19,24). The summed E-state index contributed by atoms with van der Waals surface area (Å²) >= 11 is 0. The molecule has 4 rings (SSSR count). The van der Waals surface area contributed by atoms with Crippen LogP contribution in [0.1, 0.15) is 12.8 Å². The maximum absolute atomic E-state index is 11.4. The SMILES string of the molecule is COc1ccc2c(c1)c1ncnc(N3CCC(C(N)=O)CC3)c1n2C. The first-order valence-electron chi connectivity index (χ1n) is 8.41. The number of carbonyl (C=O) groups is 1. The van der Waals surface area contributed by atoms with Crippen molar-refractivity contribution < 1.29 is 9.53 Å². The molecular formula is C18H21N5O2. The minimum Gasteiger partial charge on any atom is -0.497 e. The van der Waals surface area contributed by atoms with E-state index in [1.54, 1.807) is 13.4 Å². The normalized spacial score (nSPS) is 15.8. The van der Waals surface area contributed by atoms with Crippen molar-refractivity contribution in [1.29, 1.82) is 0 Å². The number of nitrogens with zero attached hydrogens (tertiary/aromatic N) is 4. The molecule has 7 heteroatoms. The van der Waals surface area contributed by atoms with Gasteiger partial charge in [-0.25, -0.2) is 9.97 Å². The van der Waals surface area contributed by atoms with E-state index in [1.807, 2.05) is 25.2 Å². The highest BCUT2D eigenvalue weighted by Gasteiger charge is 2.26. The van der Waals surface area contributed by atoms with Crippen LogP contribution in [0.3, 0.4) is 0 Å². The molecule has 2 aromatic heterocycles. The van der Waals surface area contributed by atoms with Gasteiger partial charge in [0.05, 0.1) is 12.6 Å². The van der Waals surface area contributed by atoms with E-state index in [2.05, 4.69) is 19.4 Å². The summed E-state index contributed by atoms with van der Waals surface area (Å²) in [6, 6.07) is 6.00. The highest BCUT2D eigenvalue weighted by Crippen LogP contribution is 2.34. The Balaban J connectivity index is 1.82. The number of piperidine rings is 1. The summed E-state index contributed by atoms with van der Waals surface area (Å²) in [5.74, 6) is 1.47. The Morgan fingerprint density at radius 2 is 2.04 bits per heavy atom. The molecule has 3 heterocycles. The molecule has 2 N–H and O–H groups in total. The highest BCUT2D eigenvalue weighted by atomic mass is 16.5. The number of anilines is 1. The molecule has 0 unspecified atom stereocenters. The van der Waals surface area contributed by atoms with Crippen LogP contribution in [0.25, 0.3) is 21.9 Å². The number of primary amides is 1. The second kappa shape index (κ2) is 5.91. The van der Waals surface area contributed by atoms with Crippen LogP contribution in [0, 0.1) is 5.92 Å². The second-order valence-corrected chi connectivity index (χ2v) is 6.50. The van der Waals surface area contributed by atoms with Crippen LogP contribution in [-0.2, 0) is 11.8 Å². The molecule has 130 valence electrons. The number of fused-ring (bicyclic) bond motifs is 3. The first-order valence-corrected chi connectivity index (χ1v) is 8.41. The number of hydrogen-bond donors (Lipinski definition) is 1. The first-order chi connectivity index (χ1) is 12.1. The molecule has 1 aliphatic rings. The van der Waals surface area contributed by atoms with Gasteiger partial charge in [-0.1, -0.05) is 0 Å². The minimum absolute atomic E-state index is 0.0367. The van der Waals surface area contributed by atoms with Gasteiger partial charge in [-0.2, -0.15) is 0 Å². The fourth-order valence-corrected chi connectivity index (χ4v) is 3.73.